The lowest BCUT2D eigenvalue weighted by Gasteiger charge is -2.20. The van der Waals surface area contributed by atoms with Crippen molar-refractivity contribution in [2.75, 3.05) is 23.4 Å². The maximum atomic E-state index is 8.21. The van der Waals surface area contributed by atoms with Crippen LogP contribution >= 0.6 is 0 Å². The van der Waals surface area contributed by atoms with Gasteiger partial charge in [-0.25, -0.2) is 4.98 Å². The van der Waals surface area contributed by atoms with E-state index in [9.17, 15) is 0 Å². The minimum absolute atomic E-state index is 0.202. The number of anilines is 3. The topological polar surface area (TPSA) is 37.4 Å². The Balaban J connectivity index is 1.06. The number of benzene rings is 8. The van der Waals surface area contributed by atoms with Gasteiger partial charge in [0.2, 0.25) is 0 Å². The quantitative estimate of drug-likeness (QED) is 0.174. The van der Waals surface area contributed by atoms with Crippen LogP contribution in [0.1, 0.15) is 4.11 Å². The lowest BCUT2D eigenvalue weighted by atomic mass is 9.97. The van der Waals surface area contributed by atoms with Crippen LogP contribution < -0.4 is 14.5 Å². The van der Waals surface area contributed by atoms with Crippen molar-refractivity contribution < 1.29 is 8.85 Å². The average Bonchev–Trinajstić information content (AvgIpc) is 3.99. The van der Waals surface area contributed by atoms with Gasteiger partial charge in [0, 0.05) is 67.4 Å². The number of rotatable bonds is 5. The molecule has 0 bridgehead atoms. The lowest BCUT2D eigenvalue weighted by Crippen LogP contribution is -2.23. The molecule has 5 heterocycles. The van der Waals surface area contributed by atoms with Crippen LogP contribution in [0, 0.1) is 0 Å². The van der Waals surface area contributed by atoms with Crippen molar-refractivity contribution in [1.82, 2.24) is 13.8 Å². The molecule has 288 valence electrons. The van der Waals surface area contributed by atoms with E-state index in [1.807, 2.05) is 71.8 Å². The highest BCUT2D eigenvalue weighted by molar-refractivity contribution is 6.26. The Bertz CT molecular complexity index is 3860. The van der Waals surface area contributed by atoms with E-state index < -0.39 is 6.98 Å². The predicted molar refractivity (Wildman–Crippen MR) is 253 cm³/mol. The zero-order chi connectivity index (χ0) is 42.7. The summed E-state index contributed by atoms with van der Waals surface area (Å²) in [4.78, 5) is 8.68. The summed E-state index contributed by atoms with van der Waals surface area (Å²) in [5, 5.41) is 6.84. The van der Waals surface area contributed by atoms with E-state index in [2.05, 4.69) is 136 Å². The Labute approximate surface area is 355 Å². The minimum Gasteiger partial charge on any atom is -0.457 e. The molecule has 6 heteroatoms. The van der Waals surface area contributed by atoms with Gasteiger partial charge < -0.3 is 18.9 Å². The summed E-state index contributed by atoms with van der Waals surface area (Å²) in [6, 6.07) is 65.4. The zero-order valence-corrected chi connectivity index (χ0v) is 32.8. The largest absolute Gasteiger partial charge is 0.457 e. The molecule has 4 aromatic heterocycles. The molecule has 0 saturated heterocycles. The molecule has 1 aliphatic rings. The molecule has 61 heavy (non-hydrogen) atoms. The van der Waals surface area contributed by atoms with Gasteiger partial charge in [-0.15, -0.1) is 0 Å². The molecule has 0 N–H and O–H groups in total. The van der Waals surface area contributed by atoms with Crippen LogP contribution in [0.4, 0.5) is 17.1 Å². The van der Waals surface area contributed by atoms with Gasteiger partial charge in [0.25, 0.3) is 0 Å². The Hall–Kier alpha value is -8.09. The summed E-state index contributed by atoms with van der Waals surface area (Å²) in [5.74, 6) is 1.31. The molecule has 1 aliphatic heterocycles. The van der Waals surface area contributed by atoms with Crippen LogP contribution in [0.3, 0.4) is 0 Å². The van der Waals surface area contributed by atoms with Gasteiger partial charge in [0.1, 0.15) is 11.5 Å². The fourth-order valence-corrected chi connectivity index (χ4v) is 9.78. The predicted octanol–water partition coefficient (Wildman–Crippen LogP) is 14.0. The lowest BCUT2D eigenvalue weighted by molar-refractivity contribution is 0.483. The molecule has 8 aromatic carbocycles. The van der Waals surface area contributed by atoms with Crippen LogP contribution in [-0.2, 0) is 0 Å². The molecule has 0 radical (unpaired) electrons. The van der Waals surface area contributed by atoms with Gasteiger partial charge in [-0.1, -0.05) is 103 Å². The second-order valence-corrected chi connectivity index (χ2v) is 15.9. The van der Waals surface area contributed by atoms with Crippen LogP contribution in [0.2, 0.25) is 0 Å². The number of nitrogens with zero attached hydrogens (tertiary/aromatic N) is 5. The first-order chi connectivity index (χ1) is 31.4. The number of fused-ring (bicyclic) bond motifs is 11. The van der Waals surface area contributed by atoms with Crippen LogP contribution in [0.15, 0.2) is 194 Å². The number of hydrogen-bond acceptors (Lipinski definition) is 4. The van der Waals surface area contributed by atoms with Crippen molar-refractivity contribution in [3.8, 4) is 33.8 Å². The van der Waals surface area contributed by atoms with Gasteiger partial charge in [-0.3, -0.25) is 4.40 Å². The van der Waals surface area contributed by atoms with Gasteiger partial charge in [0.05, 0.1) is 45.6 Å². The number of hydrogen-bond donors (Lipinski definition) is 0. The van der Waals surface area contributed by atoms with E-state index in [0.29, 0.717) is 17.2 Å². The SMILES string of the molecule is [2H]C([2H])([2H])N1CN(c2cccc(Oc3ccc4c5cccc6c7cc(-c8ccccc8)cc8c9cc(-c%10ccccc%10)ccc9n(c9cccnc9n(c4c3)c56)c87)c2)c2ccccc21. The summed E-state index contributed by atoms with van der Waals surface area (Å²) in [6.45, 7) is -2.08. The zero-order valence-electron chi connectivity index (χ0n) is 35.8. The standard InChI is InChI=1S/C55H37N5O/c1-57-34-58(50-22-9-8-21-49(50)57)39-17-10-18-40(32-39)61-41-25-26-42-43-19-11-20-44-46-30-38(36-15-6-3-7-16-36)31-47-45-29-37(35-13-4-2-5-14-35)24-27-48(45)59(54(46)47)51-23-12-28-56-55(51)60(53(43)44)52(42)33-41/h2-33H,34H2,1H3/i1D3. The number of para-hydroxylation sites is 3. The molecule has 0 spiro atoms. The number of pyridine rings is 1. The molecule has 12 aromatic rings. The molecule has 13 rings (SSSR count). The van der Waals surface area contributed by atoms with E-state index >= 15 is 0 Å². The second kappa shape index (κ2) is 13.0. The smallest absolute Gasteiger partial charge is 0.162 e. The molecule has 0 unspecified atom stereocenters. The third kappa shape index (κ3) is 5.06. The minimum atomic E-state index is -2.28. The van der Waals surface area contributed by atoms with Crippen LogP contribution in [0.5, 0.6) is 11.5 Å². The summed E-state index contributed by atoms with van der Waals surface area (Å²) in [6.07, 6.45) is 1.88. The highest BCUT2D eigenvalue weighted by atomic mass is 16.5. The Kier molecular flexibility index (Phi) is 6.57. The molecule has 0 atom stereocenters. The van der Waals surface area contributed by atoms with Crippen molar-refractivity contribution in [1.29, 1.82) is 0 Å². The molecular weight excluding hydrogens is 747 g/mol. The second-order valence-electron chi connectivity index (χ2n) is 15.9. The Morgan fingerprint density at radius 1 is 0.459 bits per heavy atom. The highest BCUT2D eigenvalue weighted by Gasteiger charge is 2.25. The van der Waals surface area contributed by atoms with E-state index in [1.54, 1.807) is 0 Å². The highest BCUT2D eigenvalue weighted by Crippen LogP contribution is 2.45. The average molecular weight is 787 g/mol. The molecule has 0 amide bonds. The monoisotopic (exact) mass is 786 g/mol. The first-order valence-corrected chi connectivity index (χ1v) is 20.6. The number of ether oxygens (including phenoxy) is 1. The summed E-state index contributed by atoms with van der Waals surface area (Å²) >= 11 is 0. The van der Waals surface area contributed by atoms with Crippen LogP contribution in [0.25, 0.3) is 87.8 Å². The van der Waals surface area contributed by atoms with Gasteiger partial charge in [0.15, 0.2) is 5.65 Å². The van der Waals surface area contributed by atoms with E-state index in [1.165, 1.54) is 26.8 Å². The molecule has 0 aliphatic carbocycles. The molecule has 0 saturated carbocycles. The van der Waals surface area contributed by atoms with Crippen molar-refractivity contribution in [3.05, 3.63) is 194 Å². The van der Waals surface area contributed by atoms with Gasteiger partial charge >= 0.3 is 0 Å². The van der Waals surface area contributed by atoms with Crippen molar-refractivity contribution >= 4 is 82.6 Å². The van der Waals surface area contributed by atoms with Gasteiger partial charge in [-0.05, 0) is 95.1 Å². The molecule has 6 nitrogen and oxygen atoms in total. The van der Waals surface area contributed by atoms with E-state index in [0.717, 1.165) is 77.3 Å². The third-order valence-corrected chi connectivity index (χ3v) is 12.5. The fraction of sp³-hybridized carbons (Fsp3) is 0.0364. The third-order valence-electron chi connectivity index (χ3n) is 12.5. The first-order valence-electron chi connectivity index (χ1n) is 22.1. The maximum Gasteiger partial charge on any atom is 0.162 e. The van der Waals surface area contributed by atoms with E-state index in [4.69, 9.17) is 13.8 Å². The van der Waals surface area contributed by atoms with Gasteiger partial charge in [-0.2, -0.15) is 0 Å². The van der Waals surface area contributed by atoms with E-state index in [-0.39, 0.29) is 6.67 Å². The number of aromatic nitrogens is 3. The fourth-order valence-electron chi connectivity index (χ4n) is 9.78. The first kappa shape index (κ1) is 30.9. The maximum absolute atomic E-state index is 8.21. The normalized spacial score (nSPS) is 13.8. The van der Waals surface area contributed by atoms with Crippen LogP contribution in [-0.4, -0.2) is 27.4 Å². The van der Waals surface area contributed by atoms with Crippen molar-refractivity contribution in [3.63, 3.8) is 0 Å². The summed E-state index contributed by atoms with van der Waals surface area (Å²) < 4.78 is 36.1. The van der Waals surface area contributed by atoms with Crippen molar-refractivity contribution in [2.24, 2.45) is 0 Å². The molecular formula is C55H37N5O. The molecule has 0 fully saturated rings. The summed E-state index contributed by atoms with van der Waals surface area (Å²) in [5.41, 5.74) is 13.1. The Morgan fingerprint density at radius 3 is 1.97 bits per heavy atom. The Morgan fingerprint density at radius 2 is 1.15 bits per heavy atom. The summed E-state index contributed by atoms with van der Waals surface area (Å²) in [7, 11) is 0. The van der Waals surface area contributed by atoms with Crippen molar-refractivity contribution in [2.45, 2.75) is 0 Å².